The Morgan fingerprint density at radius 3 is 2.79 bits per heavy atom. The molecule has 0 N–H and O–H groups in total. The van der Waals surface area contributed by atoms with Gasteiger partial charge in [-0.05, 0) is 24.1 Å². The van der Waals surface area contributed by atoms with E-state index in [4.69, 9.17) is 0 Å². The Morgan fingerprint density at radius 1 is 1.38 bits per heavy atom. The maximum atomic E-state index is 12.3. The zero-order valence-electron chi connectivity index (χ0n) is 13.6. The lowest BCUT2D eigenvalue weighted by Gasteiger charge is -2.22. The predicted octanol–water partition coefficient (Wildman–Crippen LogP) is 0.294. The molecule has 0 saturated carbocycles. The number of rotatable bonds is 4. The van der Waals surface area contributed by atoms with E-state index >= 15 is 0 Å². The van der Waals surface area contributed by atoms with Gasteiger partial charge in [0.1, 0.15) is 6.54 Å². The number of nitrogens with zero attached hydrogens (tertiary/aromatic N) is 5. The molecule has 1 amide bonds. The van der Waals surface area contributed by atoms with Crippen molar-refractivity contribution in [2.75, 3.05) is 18.6 Å². The molecule has 1 aromatic carbocycles. The van der Waals surface area contributed by atoms with Crippen LogP contribution in [0.2, 0.25) is 0 Å². The third-order valence-electron chi connectivity index (χ3n) is 4.27. The Labute approximate surface area is 140 Å². The molecular formula is C15H19N5O3S. The van der Waals surface area contributed by atoms with Crippen molar-refractivity contribution in [3.05, 3.63) is 29.8 Å². The summed E-state index contributed by atoms with van der Waals surface area (Å²) in [6, 6.07) is 7.39. The highest BCUT2D eigenvalue weighted by molar-refractivity contribution is 7.91. The van der Waals surface area contributed by atoms with Gasteiger partial charge in [-0.15, -0.1) is 10.2 Å². The SMILES string of the molecule is Cc1ccccc1-c1nnn(CC(=O)N(C)[C@@H]2CCS(=O)(=O)C2)n1. The van der Waals surface area contributed by atoms with Crippen LogP contribution in [0.5, 0.6) is 0 Å². The van der Waals surface area contributed by atoms with Gasteiger partial charge in [-0.2, -0.15) is 4.80 Å². The molecule has 1 aromatic heterocycles. The Balaban J connectivity index is 1.69. The number of benzene rings is 1. The second-order valence-electron chi connectivity index (χ2n) is 6.02. The number of sulfone groups is 1. The first-order valence-corrected chi connectivity index (χ1v) is 9.48. The van der Waals surface area contributed by atoms with Crippen LogP contribution in [0.15, 0.2) is 24.3 Å². The smallest absolute Gasteiger partial charge is 0.246 e. The third kappa shape index (κ3) is 3.45. The average molecular weight is 349 g/mol. The number of aryl methyl sites for hydroxylation is 1. The van der Waals surface area contributed by atoms with Crippen molar-refractivity contribution in [2.45, 2.75) is 25.9 Å². The first kappa shape index (κ1) is 16.6. The molecule has 0 radical (unpaired) electrons. The van der Waals surface area contributed by atoms with E-state index < -0.39 is 9.84 Å². The zero-order valence-corrected chi connectivity index (χ0v) is 14.4. The Morgan fingerprint density at radius 2 is 2.12 bits per heavy atom. The second-order valence-corrected chi connectivity index (χ2v) is 8.25. The molecule has 1 saturated heterocycles. The van der Waals surface area contributed by atoms with E-state index in [-0.39, 0.29) is 30.0 Å². The van der Waals surface area contributed by atoms with Crippen molar-refractivity contribution in [2.24, 2.45) is 0 Å². The van der Waals surface area contributed by atoms with E-state index in [2.05, 4.69) is 15.4 Å². The van der Waals surface area contributed by atoms with Crippen LogP contribution in [0, 0.1) is 6.92 Å². The average Bonchev–Trinajstić information content (AvgIpc) is 3.13. The molecule has 1 aliphatic heterocycles. The molecule has 8 nitrogen and oxygen atoms in total. The van der Waals surface area contributed by atoms with Gasteiger partial charge in [-0.25, -0.2) is 8.42 Å². The summed E-state index contributed by atoms with van der Waals surface area (Å²) in [5.41, 5.74) is 1.89. The number of amides is 1. The monoisotopic (exact) mass is 349 g/mol. The summed E-state index contributed by atoms with van der Waals surface area (Å²) in [6.07, 6.45) is 0.476. The fourth-order valence-corrected chi connectivity index (χ4v) is 4.53. The molecule has 1 fully saturated rings. The number of tetrazole rings is 1. The molecule has 0 aliphatic carbocycles. The minimum absolute atomic E-state index is 0.0223. The molecule has 0 spiro atoms. The molecule has 24 heavy (non-hydrogen) atoms. The second kappa shape index (κ2) is 6.31. The van der Waals surface area contributed by atoms with Crippen LogP contribution < -0.4 is 0 Å². The summed E-state index contributed by atoms with van der Waals surface area (Å²) < 4.78 is 23.1. The highest BCUT2D eigenvalue weighted by Gasteiger charge is 2.32. The summed E-state index contributed by atoms with van der Waals surface area (Å²) in [5.74, 6) is 0.390. The third-order valence-corrected chi connectivity index (χ3v) is 6.02. The predicted molar refractivity (Wildman–Crippen MR) is 87.8 cm³/mol. The molecular weight excluding hydrogens is 330 g/mol. The van der Waals surface area contributed by atoms with Crippen LogP contribution >= 0.6 is 0 Å². The zero-order chi connectivity index (χ0) is 17.3. The van der Waals surface area contributed by atoms with Crippen molar-refractivity contribution >= 4 is 15.7 Å². The Bertz CT molecular complexity index is 861. The van der Waals surface area contributed by atoms with E-state index in [0.717, 1.165) is 11.1 Å². The number of likely N-dealkylation sites (N-methyl/N-ethyl adjacent to an activating group) is 1. The van der Waals surface area contributed by atoms with E-state index in [1.807, 2.05) is 31.2 Å². The van der Waals surface area contributed by atoms with Gasteiger partial charge in [0.05, 0.1) is 11.5 Å². The van der Waals surface area contributed by atoms with E-state index in [0.29, 0.717) is 12.2 Å². The van der Waals surface area contributed by atoms with Crippen LogP contribution in [0.4, 0.5) is 0 Å². The van der Waals surface area contributed by atoms with Crippen molar-refractivity contribution in [3.63, 3.8) is 0 Å². The largest absolute Gasteiger partial charge is 0.340 e. The van der Waals surface area contributed by atoms with Gasteiger partial charge in [-0.1, -0.05) is 24.3 Å². The van der Waals surface area contributed by atoms with Crippen LogP contribution in [0.1, 0.15) is 12.0 Å². The summed E-state index contributed by atoms with van der Waals surface area (Å²) in [6.45, 7) is 1.89. The summed E-state index contributed by atoms with van der Waals surface area (Å²) in [4.78, 5) is 15.0. The van der Waals surface area contributed by atoms with Gasteiger partial charge >= 0.3 is 0 Å². The number of carbonyl (C=O) groups excluding carboxylic acids is 1. The van der Waals surface area contributed by atoms with Crippen LogP contribution in [-0.4, -0.2) is 64.0 Å². The Hall–Kier alpha value is -2.29. The molecule has 1 aliphatic rings. The molecule has 0 unspecified atom stereocenters. The van der Waals surface area contributed by atoms with Crippen LogP contribution in [0.3, 0.4) is 0 Å². The van der Waals surface area contributed by atoms with E-state index in [1.54, 1.807) is 7.05 Å². The van der Waals surface area contributed by atoms with E-state index in [1.165, 1.54) is 9.70 Å². The van der Waals surface area contributed by atoms with Crippen LogP contribution in [0.25, 0.3) is 11.4 Å². The Kier molecular flexibility index (Phi) is 4.35. The van der Waals surface area contributed by atoms with Gasteiger partial charge in [0.15, 0.2) is 9.84 Å². The first-order chi connectivity index (χ1) is 11.4. The fraction of sp³-hybridized carbons (Fsp3) is 0.467. The number of aromatic nitrogens is 4. The normalized spacial score (nSPS) is 19.3. The summed E-state index contributed by atoms with van der Waals surface area (Å²) in [5, 5.41) is 12.2. The first-order valence-electron chi connectivity index (χ1n) is 7.65. The van der Waals surface area contributed by atoms with Gasteiger partial charge in [0.2, 0.25) is 11.7 Å². The molecule has 128 valence electrons. The fourth-order valence-electron chi connectivity index (χ4n) is 2.76. The topological polar surface area (TPSA) is 98.0 Å². The molecule has 2 heterocycles. The van der Waals surface area contributed by atoms with E-state index in [9.17, 15) is 13.2 Å². The number of hydrogen-bond acceptors (Lipinski definition) is 6. The minimum Gasteiger partial charge on any atom is -0.340 e. The van der Waals surface area contributed by atoms with Crippen molar-refractivity contribution in [3.8, 4) is 11.4 Å². The van der Waals surface area contributed by atoms with Gasteiger partial charge < -0.3 is 4.90 Å². The minimum atomic E-state index is -3.03. The van der Waals surface area contributed by atoms with Gasteiger partial charge in [0.25, 0.3) is 0 Å². The summed E-state index contributed by atoms with van der Waals surface area (Å²) in [7, 11) is -1.41. The van der Waals surface area contributed by atoms with Gasteiger partial charge in [0, 0.05) is 18.7 Å². The molecule has 0 bridgehead atoms. The quantitative estimate of drug-likeness (QED) is 0.787. The maximum Gasteiger partial charge on any atom is 0.246 e. The summed E-state index contributed by atoms with van der Waals surface area (Å²) >= 11 is 0. The lowest BCUT2D eigenvalue weighted by molar-refractivity contribution is -0.132. The van der Waals surface area contributed by atoms with Crippen LogP contribution in [-0.2, 0) is 21.2 Å². The standard InChI is InChI=1S/C15H19N5O3S/c1-11-5-3-4-6-13(11)15-16-18-20(17-15)9-14(21)19(2)12-7-8-24(22,23)10-12/h3-6,12H,7-10H2,1-2H3/t12-/m1/s1. The van der Waals surface area contributed by atoms with Gasteiger partial charge in [-0.3, -0.25) is 4.79 Å². The van der Waals surface area contributed by atoms with Crippen molar-refractivity contribution in [1.82, 2.24) is 25.1 Å². The number of hydrogen-bond donors (Lipinski definition) is 0. The lowest BCUT2D eigenvalue weighted by atomic mass is 10.1. The molecule has 2 aromatic rings. The molecule has 9 heteroatoms. The molecule has 1 atom stereocenters. The van der Waals surface area contributed by atoms with Crippen molar-refractivity contribution in [1.29, 1.82) is 0 Å². The van der Waals surface area contributed by atoms with Crippen molar-refractivity contribution < 1.29 is 13.2 Å². The highest BCUT2D eigenvalue weighted by atomic mass is 32.2. The maximum absolute atomic E-state index is 12.3. The number of carbonyl (C=O) groups is 1. The lowest BCUT2D eigenvalue weighted by Crippen LogP contribution is -2.40. The highest BCUT2D eigenvalue weighted by Crippen LogP contribution is 2.19. The molecule has 3 rings (SSSR count).